The molecule has 1 atom stereocenters. The van der Waals surface area contributed by atoms with Crippen LogP contribution in [0.3, 0.4) is 0 Å². The van der Waals surface area contributed by atoms with Crippen molar-refractivity contribution in [3.05, 3.63) is 46.5 Å². The van der Waals surface area contributed by atoms with Crippen LogP contribution in [0.25, 0.3) is 0 Å². The zero-order chi connectivity index (χ0) is 17.1. The number of carboxylic acid groups (broad SMARTS) is 1. The van der Waals surface area contributed by atoms with Crippen molar-refractivity contribution >= 4 is 11.9 Å². The summed E-state index contributed by atoms with van der Waals surface area (Å²) in [4.78, 5) is 27.2. The summed E-state index contributed by atoms with van der Waals surface area (Å²) in [5.41, 5.74) is 2.77. The van der Waals surface area contributed by atoms with Crippen molar-refractivity contribution in [1.82, 2.24) is 20.1 Å². The average Bonchev–Trinajstić information content (AvgIpc) is 2.78. The Bertz CT molecular complexity index is 752. The van der Waals surface area contributed by atoms with Gasteiger partial charge in [-0.3, -0.25) is 9.48 Å². The van der Waals surface area contributed by atoms with Gasteiger partial charge in [-0.2, -0.15) is 5.10 Å². The zero-order valence-electron chi connectivity index (χ0n) is 13.6. The van der Waals surface area contributed by atoms with Gasteiger partial charge < -0.3 is 10.4 Å². The second-order valence-electron chi connectivity index (χ2n) is 5.36. The predicted octanol–water partition coefficient (Wildman–Crippen LogP) is 2.01. The van der Waals surface area contributed by atoms with Gasteiger partial charge in [-0.05, 0) is 32.4 Å². The normalized spacial score (nSPS) is 12.0. The number of pyridine rings is 1. The van der Waals surface area contributed by atoms with Crippen molar-refractivity contribution in [3.63, 3.8) is 0 Å². The molecule has 2 aromatic heterocycles. The molecular weight excluding hydrogens is 296 g/mol. The van der Waals surface area contributed by atoms with Crippen LogP contribution >= 0.6 is 0 Å². The first-order valence-corrected chi connectivity index (χ1v) is 7.36. The lowest BCUT2D eigenvalue weighted by molar-refractivity contribution is 0.0690. The van der Waals surface area contributed by atoms with Gasteiger partial charge in [-0.1, -0.05) is 13.0 Å². The van der Waals surface area contributed by atoms with Crippen molar-refractivity contribution in [1.29, 1.82) is 0 Å². The third kappa shape index (κ3) is 3.39. The van der Waals surface area contributed by atoms with Crippen LogP contribution in [0, 0.1) is 13.8 Å². The summed E-state index contributed by atoms with van der Waals surface area (Å²) in [5.74, 6) is -1.56. The van der Waals surface area contributed by atoms with E-state index in [4.69, 9.17) is 5.11 Å². The SMILES string of the molecule is CCC(NC(=O)c1cccc(C(=O)O)n1)c1c(C)nn(C)c1C. The van der Waals surface area contributed by atoms with Gasteiger partial charge in [0.25, 0.3) is 5.91 Å². The minimum atomic E-state index is -1.16. The van der Waals surface area contributed by atoms with Crippen LogP contribution in [-0.2, 0) is 7.05 Å². The van der Waals surface area contributed by atoms with Crippen LogP contribution in [0.4, 0.5) is 0 Å². The first-order chi connectivity index (χ1) is 10.8. The topological polar surface area (TPSA) is 97.1 Å². The van der Waals surface area contributed by atoms with Crippen molar-refractivity contribution in [2.24, 2.45) is 7.05 Å². The molecule has 2 rings (SSSR count). The van der Waals surface area contributed by atoms with E-state index < -0.39 is 11.9 Å². The summed E-state index contributed by atoms with van der Waals surface area (Å²) >= 11 is 0. The molecule has 0 fully saturated rings. The van der Waals surface area contributed by atoms with Crippen LogP contribution in [0.15, 0.2) is 18.2 Å². The largest absolute Gasteiger partial charge is 0.477 e. The number of amides is 1. The maximum atomic E-state index is 12.4. The standard InChI is InChI=1S/C16H20N4O3/c1-5-11(14-9(2)19-20(4)10(14)3)18-15(21)12-7-6-8-13(17-12)16(22)23/h6-8,11H,5H2,1-4H3,(H,18,21)(H,22,23). The summed E-state index contributed by atoms with van der Waals surface area (Å²) in [6.45, 7) is 5.83. The monoisotopic (exact) mass is 316 g/mol. The lowest BCUT2D eigenvalue weighted by Crippen LogP contribution is -2.30. The van der Waals surface area contributed by atoms with Crippen molar-refractivity contribution in [2.45, 2.75) is 33.2 Å². The highest BCUT2D eigenvalue weighted by atomic mass is 16.4. The van der Waals surface area contributed by atoms with E-state index in [1.54, 1.807) is 4.68 Å². The number of nitrogens with zero attached hydrogens (tertiary/aromatic N) is 3. The van der Waals surface area contributed by atoms with E-state index in [1.165, 1.54) is 18.2 Å². The Morgan fingerprint density at radius 2 is 1.96 bits per heavy atom. The van der Waals surface area contributed by atoms with Gasteiger partial charge in [-0.15, -0.1) is 0 Å². The lowest BCUT2D eigenvalue weighted by Gasteiger charge is -2.17. The quantitative estimate of drug-likeness (QED) is 0.879. The molecule has 1 unspecified atom stereocenters. The fourth-order valence-corrected chi connectivity index (χ4v) is 2.59. The smallest absolute Gasteiger partial charge is 0.354 e. The van der Waals surface area contributed by atoms with Crippen LogP contribution in [0.2, 0.25) is 0 Å². The fraction of sp³-hybridized carbons (Fsp3) is 0.375. The second kappa shape index (κ2) is 6.60. The van der Waals surface area contributed by atoms with Crippen LogP contribution in [0.5, 0.6) is 0 Å². The molecule has 2 N–H and O–H groups in total. The predicted molar refractivity (Wildman–Crippen MR) is 84.4 cm³/mol. The lowest BCUT2D eigenvalue weighted by atomic mass is 10.0. The van der Waals surface area contributed by atoms with Gasteiger partial charge in [-0.25, -0.2) is 9.78 Å². The number of carbonyl (C=O) groups is 2. The number of rotatable bonds is 5. The second-order valence-corrected chi connectivity index (χ2v) is 5.36. The molecule has 0 aliphatic heterocycles. The molecule has 2 aromatic rings. The highest BCUT2D eigenvalue weighted by Crippen LogP contribution is 2.24. The summed E-state index contributed by atoms with van der Waals surface area (Å²) < 4.78 is 1.78. The molecule has 1 amide bonds. The summed E-state index contributed by atoms with van der Waals surface area (Å²) in [5, 5.41) is 16.2. The molecule has 0 radical (unpaired) electrons. The zero-order valence-corrected chi connectivity index (χ0v) is 13.6. The Morgan fingerprint density at radius 1 is 1.30 bits per heavy atom. The van der Waals surface area contributed by atoms with E-state index in [1.807, 2.05) is 27.8 Å². The number of aromatic nitrogens is 3. The molecule has 2 heterocycles. The van der Waals surface area contributed by atoms with E-state index in [2.05, 4.69) is 15.4 Å². The minimum Gasteiger partial charge on any atom is -0.477 e. The van der Waals surface area contributed by atoms with E-state index in [0.29, 0.717) is 6.42 Å². The third-order valence-electron chi connectivity index (χ3n) is 3.83. The number of carboxylic acids is 1. The highest BCUT2D eigenvalue weighted by molar-refractivity contribution is 5.94. The maximum absolute atomic E-state index is 12.4. The number of aromatic carboxylic acids is 1. The molecule has 0 bridgehead atoms. The molecule has 23 heavy (non-hydrogen) atoms. The Morgan fingerprint density at radius 3 is 2.48 bits per heavy atom. The molecule has 122 valence electrons. The third-order valence-corrected chi connectivity index (χ3v) is 3.83. The molecule has 0 saturated heterocycles. The van der Waals surface area contributed by atoms with Crippen molar-refractivity contribution < 1.29 is 14.7 Å². The molecule has 0 aliphatic rings. The number of nitrogens with one attached hydrogen (secondary N) is 1. The Hall–Kier alpha value is -2.70. The molecule has 0 aromatic carbocycles. The summed E-state index contributed by atoms with van der Waals surface area (Å²) in [7, 11) is 1.86. The van der Waals surface area contributed by atoms with Gasteiger partial charge >= 0.3 is 5.97 Å². The molecular formula is C16H20N4O3. The first kappa shape index (κ1) is 16.7. The average molecular weight is 316 g/mol. The van der Waals surface area contributed by atoms with Crippen LogP contribution in [0.1, 0.15) is 57.3 Å². The van der Waals surface area contributed by atoms with E-state index in [9.17, 15) is 9.59 Å². The van der Waals surface area contributed by atoms with E-state index >= 15 is 0 Å². The number of aryl methyl sites for hydroxylation is 2. The summed E-state index contributed by atoms with van der Waals surface area (Å²) in [6, 6.07) is 4.15. The molecule has 7 nitrogen and oxygen atoms in total. The molecule has 0 spiro atoms. The number of hydrogen-bond donors (Lipinski definition) is 2. The van der Waals surface area contributed by atoms with Crippen LogP contribution < -0.4 is 5.32 Å². The number of carbonyl (C=O) groups excluding carboxylic acids is 1. The van der Waals surface area contributed by atoms with Gasteiger partial charge in [0, 0.05) is 18.3 Å². The number of hydrogen-bond acceptors (Lipinski definition) is 4. The van der Waals surface area contributed by atoms with Crippen molar-refractivity contribution in [3.8, 4) is 0 Å². The van der Waals surface area contributed by atoms with Gasteiger partial charge in [0.2, 0.25) is 0 Å². The Labute approximate surface area is 134 Å². The molecule has 0 saturated carbocycles. The Balaban J connectivity index is 2.27. The minimum absolute atomic E-state index is 0.0857. The highest BCUT2D eigenvalue weighted by Gasteiger charge is 2.22. The fourth-order valence-electron chi connectivity index (χ4n) is 2.59. The molecule has 0 aliphatic carbocycles. The molecule has 7 heteroatoms. The first-order valence-electron chi connectivity index (χ1n) is 7.36. The van der Waals surface area contributed by atoms with Crippen molar-refractivity contribution in [2.75, 3.05) is 0 Å². The van der Waals surface area contributed by atoms with Crippen LogP contribution in [-0.4, -0.2) is 31.7 Å². The van der Waals surface area contributed by atoms with Gasteiger partial charge in [0.1, 0.15) is 11.4 Å². The maximum Gasteiger partial charge on any atom is 0.354 e. The van der Waals surface area contributed by atoms with E-state index in [0.717, 1.165) is 17.0 Å². The Kier molecular flexibility index (Phi) is 4.78. The van der Waals surface area contributed by atoms with E-state index in [-0.39, 0.29) is 17.4 Å². The van der Waals surface area contributed by atoms with Gasteiger partial charge in [0.05, 0.1) is 11.7 Å². The summed E-state index contributed by atoms with van der Waals surface area (Å²) in [6.07, 6.45) is 0.692. The van der Waals surface area contributed by atoms with Gasteiger partial charge in [0.15, 0.2) is 0 Å².